The topological polar surface area (TPSA) is 63.3 Å². The molecule has 6 heterocycles. The first kappa shape index (κ1) is 53.6. The van der Waals surface area contributed by atoms with E-state index in [1.807, 2.05) is 12.1 Å². The first-order chi connectivity index (χ1) is 48.1. The van der Waals surface area contributed by atoms with Crippen LogP contribution in [0.2, 0.25) is 0 Å². The second-order valence-electron chi connectivity index (χ2n) is 25.9. The molecule has 14 aromatic carbocycles. The van der Waals surface area contributed by atoms with Crippen LogP contribution in [0.15, 0.2) is 315 Å². The van der Waals surface area contributed by atoms with Gasteiger partial charge in [-0.15, -0.1) is 0 Å². The maximum absolute atomic E-state index is 5.61. The molecular weight excluding hydrogens is 1180 g/mol. The van der Waals surface area contributed by atoms with Crippen molar-refractivity contribution < 1.29 is 0 Å². The fraction of sp³-hybridized carbons (Fsp3) is 0.0225. The molecule has 8 nitrogen and oxygen atoms in total. The van der Waals surface area contributed by atoms with Crippen molar-refractivity contribution in [3.8, 4) is 73.7 Å². The number of hydrogen-bond donors (Lipinski definition) is 0. The van der Waals surface area contributed by atoms with Crippen molar-refractivity contribution in [2.45, 2.75) is 12.8 Å². The van der Waals surface area contributed by atoms with Crippen molar-refractivity contribution in [1.29, 1.82) is 0 Å². The van der Waals surface area contributed by atoms with Crippen LogP contribution in [0.5, 0.6) is 0 Å². The van der Waals surface area contributed by atoms with Gasteiger partial charge >= 0.3 is 0 Å². The molecule has 0 spiro atoms. The minimum atomic E-state index is 0.552. The number of para-hydroxylation sites is 8. The fourth-order valence-electron chi connectivity index (χ4n) is 16.4. The molecule has 452 valence electrons. The summed E-state index contributed by atoms with van der Waals surface area (Å²) in [6, 6.07) is 116. The SMILES string of the molecule is c1ccc(-c2nc(-c3ccccc3)nc(-n3c4cc(-c5cc(-n6c7ccccc7c7ccccc76)cc(-n6c7ccccc7c7ccccc76)c5)cc5c4c4c(cc(-c6cc(-n7c8ccccc8c8ccccc87)cc(-n7c8ccccc8c8ccccc87)c6)cc43)CC5)n2)cc1. The van der Waals surface area contributed by atoms with Crippen LogP contribution in [0.25, 0.3) is 183 Å². The summed E-state index contributed by atoms with van der Waals surface area (Å²) in [5, 5.41) is 12.2. The Hall–Kier alpha value is -12.9. The van der Waals surface area contributed by atoms with E-state index in [4.69, 9.17) is 15.0 Å². The van der Waals surface area contributed by atoms with Gasteiger partial charge in [0.2, 0.25) is 5.95 Å². The molecule has 0 saturated heterocycles. The third-order valence-electron chi connectivity index (χ3n) is 20.5. The molecule has 0 radical (unpaired) electrons. The lowest BCUT2D eigenvalue weighted by Gasteiger charge is -2.19. The van der Waals surface area contributed by atoms with Crippen LogP contribution in [0.3, 0.4) is 0 Å². The predicted molar refractivity (Wildman–Crippen MR) is 401 cm³/mol. The van der Waals surface area contributed by atoms with Crippen LogP contribution < -0.4 is 0 Å². The van der Waals surface area contributed by atoms with E-state index in [2.05, 4.69) is 326 Å². The lowest BCUT2D eigenvalue weighted by molar-refractivity contribution is 0.953. The van der Waals surface area contributed by atoms with E-state index in [-0.39, 0.29) is 0 Å². The van der Waals surface area contributed by atoms with E-state index in [9.17, 15) is 0 Å². The van der Waals surface area contributed by atoms with Gasteiger partial charge in [0.15, 0.2) is 11.6 Å². The zero-order chi connectivity index (χ0) is 63.4. The highest BCUT2D eigenvalue weighted by Gasteiger charge is 2.28. The van der Waals surface area contributed by atoms with E-state index in [0.29, 0.717) is 17.6 Å². The van der Waals surface area contributed by atoms with Crippen LogP contribution in [0.4, 0.5) is 0 Å². The summed E-state index contributed by atoms with van der Waals surface area (Å²) >= 11 is 0. The Morgan fingerprint density at radius 3 is 0.722 bits per heavy atom. The van der Waals surface area contributed by atoms with E-state index in [1.165, 1.54) is 65.0 Å². The number of aromatic nitrogens is 8. The molecule has 0 amide bonds. The molecule has 0 fully saturated rings. The lowest BCUT2D eigenvalue weighted by Crippen LogP contribution is -2.06. The number of rotatable bonds is 9. The van der Waals surface area contributed by atoms with Gasteiger partial charge in [-0.2, -0.15) is 9.97 Å². The molecule has 6 aromatic heterocycles. The van der Waals surface area contributed by atoms with Crippen molar-refractivity contribution in [2.24, 2.45) is 0 Å². The van der Waals surface area contributed by atoms with Gasteiger partial charge in [0.1, 0.15) is 0 Å². The van der Waals surface area contributed by atoms with E-state index < -0.39 is 0 Å². The summed E-state index contributed by atoms with van der Waals surface area (Å²) in [6.45, 7) is 0. The Morgan fingerprint density at radius 1 is 0.196 bits per heavy atom. The maximum atomic E-state index is 5.61. The highest BCUT2D eigenvalue weighted by atomic mass is 15.2. The second kappa shape index (κ2) is 20.8. The zero-order valence-corrected chi connectivity index (χ0v) is 52.5. The van der Waals surface area contributed by atoms with Gasteiger partial charge in [-0.3, -0.25) is 4.57 Å². The zero-order valence-electron chi connectivity index (χ0n) is 52.5. The molecule has 1 aliphatic rings. The summed E-state index contributed by atoms with van der Waals surface area (Å²) in [5.41, 5.74) is 24.5. The number of nitrogens with zero attached hydrogens (tertiary/aromatic N) is 8. The summed E-state index contributed by atoms with van der Waals surface area (Å²) in [5.74, 6) is 1.76. The Kier molecular flexibility index (Phi) is 11.5. The van der Waals surface area contributed by atoms with E-state index >= 15 is 0 Å². The standard InChI is InChI=1S/C89H56N8/c1-3-23-55(24-4-1)87-90-88(56-25-5-2-6-26-56)92-89(91-87)97-83-51-59(61-47-63(93-75-35-15-7-27-67(75)68-28-8-16-36-76(68)93)53-64(48-61)94-77-37-17-9-29-69(77)70-30-10-18-38-78(70)94)45-57-43-44-58-46-60(52-84(97)86(58)85(57)83)62-49-65(95-79-39-19-11-31-71(79)72-32-12-20-40-80(72)95)54-66(50-62)96-81-41-21-13-33-73(81)74-34-14-22-42-82(74)96/h1-42,45-54H,43-44H2. The van der Waals surface area contributed by atoms with Crippen molar-refractivity contribution in [1.82, 2.24) is 37.8 Å². The molecule has 8 heteroatoms. The molecule has 21 rings (SSSR count). The van der Waals surface area contributed by atoms with Crippen molar-refractivity contribution in [3.05, 3.63) is 327 Å². The van der Waals surface area contributed by atoms with Gasteiger partial charge in [0.25, 0.3) is 0 Å². The predicted octanol–water partition coefficient (Wildman–Crippen LogP) is 22.1. The Balaban J connectivity index is 0.866. The third-order valence-corrected chi connectivity index (χ3v) is 20.5. The average molecular weight is 1240 g/mol. The van der Waals surface area contributed by atoms with Gasteiger partial charge in [-0.1, -0.05) is 218 Å². The van der Waals surface area contributed by atoms with Gasteiger partial charge in [-0.25, -0.2) is 4.98 Å². The molecule has 0 aliphatic heterocycles. The number of hydrogen-bond acceptors (Lipinski definition) is 3. The molecule has 0 bridgehead atoms. The Bertz CT molecular complexity index is 5820. The largest absolute Gasteiger partial charge is 0.309 e. The summed E-state index contributed by atoms with van der Waals surface area (Å²) < 4.78 is 12.2. The van der Waals surface area contributed by atoms with E-state index in [0.717, 1.165) is 124 Å². The van der Waals surface area contributed by atoms with Crippen molar-refractivity contribution in [2.75, 3.05) is 0 Å². The summed E-state index contributed by atoms with van der Waals surface area (Å²) in [4.78, 5) is 16.5. The summed E-state index contributed by atoms with van der Waals surface area (Å²) in [7, 11) is 0. The maximum Gasteiger partial charge on any atom is 0.238 e. The number of benzene rings is 14. The normalized spacial score (nSPS) is 12.5. The highest BCUT2D eigenvalue weighted by molar-refractivity contribution is 6.17. The van der Waals surface area contributed by atoms with Gasteiger partial charge in [-0.05, 0) is 143 Å². The number of aryl methyl sites for hydroxylation is 2. The van der Waals surface area contributed by atoms with E-state index in [1.54, 1.807) is 0 Å². The van der Waals surface area contributed by atoms with Gasteiger partial charge in [0, 0.05) is 87.7 Å². The first-order valence-electron chi connectivity index (χ1n) is 33.4. The molecule has 97 heavy (non-hydrogen) atoms. The minimum Gasteiger partial charge on any atom is -0.309 e. The summed E-state index contributed by atoms with van der Waals surface area (Å²) in [6.07, 6.45) is 1.67. The quantitative estimate of drug-likeness (QED) is 0.145. The van der Waals surface area contributed by atoms with Crippen LogP contribution in [-0.4, -0.2) is 37.8 Å². The van der Waals surface area contributed by atoms with Gasteiger partial charge in [0.05, 0.1) is 55.2 Å². The molecule has 0 unspecified atom stereocenters. The molecule has 0 saturated carbocycles. The third kappa shape index (κ3) is 8.08. The van der Waals surface area contributed by atoms with Crippen molar-refractivity contribution >= 4 is 109 Å². The fourth-order valence-corrected chi connectivity index (χ4v) is 16.4. The van der Waals surface area contributed by atoms with Crippen LogP contribution >= 0.6 is 0 Å². The van der Waals surface area contributed by atoms with Crippen LogP contribution in [0, 0.1) is 0 Å². The smallest absolute Gasteiger partial charge is 0.238 e. The molecule has 0 N–H and O–H groups in total. The van der Waals surface area contributed by atoms with Gasteiger partial charge < -0.3 is 18.3 Å². The number of fused-ring (bicyclic) bond motifs is 12. The lowest BCUT2D eigenvalue weighted by atomic mass is 9.87. The molecule has 1 aliphatic carbocycles. The second-order valence-corrected chi connectivity index (χ2v) is 25.9. The Morgan fingerprint density at radius 2 is 0.443 bits per heavy atom. The van der Waals surface area contributed by atoms with Crippen molar-refractivity contribution in [3.63, 3.8) is 0 Å². The molecule has 0 atom stereocenters. The Labute approximate surface area is 556 Å². The monoisotopic (exact) mass is 1240 g/mol. The average Bonchev–Trinajstić information content (AvgIpc) is 1.61. The molecule has 20 aromatic rings. The van der Waals surface area contributed by atoms with Crippen LogP contribution in [0.1, 0.15) is 11.1 Å². The minimum absolute atomic E-state index is 0.552. The molecular formula is C89H56N8. The highest BCUT2D eigenvalue weighted by Crippen LogP contribution is 2.47. The first-order valence-corrected chi connectivity index (χ1v) is 33.4. The van der Waals surface area contributed by atoms with Crippen LogP contribution in [-0.2, 0) is 12.8 Å².